The molecular weight excluding hydrogens is 332 g/mol. The number of amides is 2. The summed E-state index contributed by atoms with van der Waals surface area (Å²) in [7, 11) is 1.35. The van der Waals surface area contributed by atoms with Gasteiger partial charge in [0.2, 0.25) is 0 Å². The quantitative estimate of drug-likeness (QED) is 0.518. The first kappa shape index (κ1) is 19.8. The molecule has 1 aliphatic heterocycles. The molecule has 1 aliphatic rings. The van der Waals surface area contributed by atoms with Gasteiger partial charge in [0.25, 0.3) is 0 Å². The molecule has 0 saturated heterocycles. The van der Waals surface area contributed by atoms with E-state index in [2.05, 4.69) is 17.6 Å². The second kappa shape index (κ2) is 9.85. The lowest BCUT2D eigenvalue weighted by atomic mass is 9.93. The van der Waals surface area contributed by atoms with Crippen molar-refractivity contribution in [1.82, 2.24) is 10.6 Å². The van der Waals surface area contributed by atoms with Crippen LogP contribution in [0.5, 0.6) is 5.75 Å². The zero-order valence-electron chi connectivity index (χ0n) is 15.8. The summed E-state index contributed by atoms with van der Waals surface area (Å²) in [6, 6.07) is 6.57. The first-order chi connectivity index (χ1) is 12.6. The third-order valence-electron chi connectivity index (χ3n) is 4.29. The van der Waals surface area contributed by atoms with Crippen LogP contribution in [0.4, 0.5) is 4.79 Å². The number of benzene rings is 1. The standard InChI is InChI=1S/C20H28N2O4/c1-4-6-9-13-26-16-12-8-7-11-14(16)18-17(19(23)25-3)15(10-5-2)21-20(24)22-18/h7-8,11-12,18H,4-6,9-10,13H2,1-3H3,(H2,21,22,24). The molecule has 2 amide bonds. The normalized spacial score (nSPS) is 16.7. The molecule has 2 N–H and O–H groups in total. The number of para-hydroxylation sites is 1. The van der Waals surface area contributed by atoms with Crippen LogP contribution in [0.1, 0.15) is 57.6 Å². The van der Waals surface area contributed by atoms with Crippen LogP contribution >= 0.6 is 0 Å². The number of carbonyl (C=O) groups is 2. The van der Waals surface area contributed by atoms with Crippen molar-refractivity contribution in [1.29, 1.82) is 0 Å². The van der Waals surface area contributed by atoms with Gasteiger partial charge in [-0.1, -0.05) is 51.3 Å². The second-order valence-corrected chi connectivity index (χ2v) is 6.26. The van der Waals surface area contributed by atoms with Gasteiger partial charge in [0.1, 0.15) is 5.75 Å². The van der Waals surface area contributed by atoms with E-state index in [-0.39, 0.29) is 6.03 Å². The van der Waals surface area contributed by atoms with Gasteiger partial charge in [0.05, 0.1) is 25.3 Å². The van der Waals surface area contributed by atoms with Crippen molar-refractivity contribution in [3.8, 4) is 5.75 Å². The number of ether oxygens (including phenoxy) is 2. The maximum atomic E-state index is 12.4. The van der Waals surface area contributed by atoms with Crippen LogP contribution in [-0.2, 0) is 9.53 Å². The van der Waals surface area contributed by atoms with E-state index < -0.39 is 12.0 Å². The highest BCUT2D eigenvalue weighted by molar-refractivity contribution is 5.95. The van der Waals surface area contributed by atoms with E-state index in [4.69, 9.17) is 9.47 Å². The summed E-state index contributed by atoms with van der Waals surface area (Å²) in [4.78, 5) is 24.6. The molecule has 0 aliphatic carbocycles. The van der Waals surface area contributed by atoms with Crippen molar-refractivity contribution in [2.75, 3.05) is 13.7 Å². The van der Waals surface area contributed by atoms with Crippen LogP contribution in [-0.4, -0.2) is 25.7 Å². The topological polar surface area (TPSA) is 76.7 Å². The molecule has 1 atom stereocenters. The molecule has 0 fully saturated rings. The molecule has 6 heteroatoms. The van der Waals surface area contributed by atoms with Crippen molar-refractivity contribution in [3.63, 3.8) is 0 Å². The van der Waals surface area contributed by atoms with E-state index in [9.17, 15) is 9.59 Å². The van der Waals surface area contributed by atoms with Gasteiger partial charge in [-0.2, -0.15) is 0 Å². The largest absolute Gasteiger partial charge is 0.493 e. The predicted molar refractivity (Wildman–Crippen MR) is 99.8 cm³/mol. The summed E-state index contributed by atoms with van der Waals surface area (Å²) in [6.07, 6.45) is 4.57. The molecule has 0 saturated carbocycles. The summed E-state index contributed by atoms with van der Waals surface area (Å²) in [5, 5.41) is 5.59. The summed E-state index contributed by atoms with van der Waals surface area (Å²) >= 11 is 0. The Hall–Kier alpha value is -2.50. The monoisotopic (exact) mass is 360 g/mol. The number of rotatable bonds is 9. The van der Waals surface area contributed by atoms with Crippen LogP contribution in [0.25, 0.3) is 0 Å². The molecule has 2 rings (SSSR count). The van der Waals surface area contributed by atoms with Gasteiger partial charge in [-0.05, 0) is 18.9 Å². The number of unbranched alkanes of at least 4 members (excludes halogenated alkanes) is 2. The van der Waals surface area contributed by atoms with E-state index >= 15 is 0 Å². The predicted octanol–water partition coefficient (Wildman–Crippen LogP) is 3.84. The lowest BCUT2D eigenvalue weighted by Gasteiger charge is -2.30. The number of carbonyl (C=O) groups excluding carboxylic acids is 2. The summed E-state index contributed by atoms with van der Waals surface area (Å²) in [5.41, 5.74) is 1.79. The number of methoxy groups -OCH3 is 1. The Balaban J connectivity index is 2.39. The average molecular weight is 360 g/mol. The van der Waals surface area contributed by atoms with Crippen LogP contribution in [0, 0.1) is 0 Å². The van der Waals surface area contributed by atoms with Gasteiger partial charge in [-0.3, -0.25) is 0 Å². The average Bonchev–Trinajstić information content (AvgIpc) is 2.65. The van der Waals surface area contributed by atoms with Gasteiger partial charge >= 0.3 is 12.0 Å². The fourth-order valence-electron chi connectivity index (χ4n) is 3.03. The Morgan fingerprint density at radius 2 is 1.92 bits per heavy atom. The molecular formula is C20H28N2O4. The van der Waals surface area contributed by atoms with Crippen molar-refractivity contribution >= 4 is 12.0 Å². The molecule has 142 valence electrons. The zero-order chi connectivity index (χ0) is 18.9. The number of hydrogen-bond donors (Lipinski definition) is 2. The van der Waals surface area contributed by atoms with E-state index in [1.165, 1.54) is 7.11 Å². The van der Waals surface area contributed by atoms with E-state index in [0.29, 0.717) is 30.0 Å². The van der Waals surface area contributed by atoms with Gasteiger partial charge in [-0.25, -0.2) is 9.59 Å². The molecule has 0 bridgehead atoms. The van der Waals surface area contributed by atoms with E-state index in [1.807, 2.05) is 31.2 Å². The fourth-order valence-corrected chi connectivity index (χ4v) is 3.03. The highest BCUT2D eigenvalue weighted by atomic mass is 16.5. The Bertz CT molecular complexity index is 670. The van der Waals surface area contributed by atoms with E-state index in [1.54, 1.807) is 0 Å². The van der Waals surface area contributed by atoms with Crippen LogP contribution in [0.15, 0.2) is 35.5 Å². The Labute approximate surface area is 154 Å². The first-order valence-corrected chi connectivity index (χ1v) is 9.22. The van der Waals surface area contributed by atoms with Crippen LogP contribution < -0.4 is 15.4 Å². The molecule has 0 spiro atoms. The van der Waals surface area contributed by atoms with Crippen LogP contribution in [0.2, 0.25) is 0 Å². The Morgan fingerprint density at radius 3 is 2.62 bits per heavy atom. The minimum atomic E-state index is -0.597. The van der Waals surface area contributed by atoms with Crippen molar-refractivity contribution in [2.24, 2.45) is 0 Å². The zero-order valence-corrected chi connectivity index (χ0v) is 15.8. The number of hydrogen-bond acceptors (Lipinski definition) is 4. The van der Waals surface area contributed by atoms with Crippen molar-refractivity contribution in [3.05, 3.63) is 41.1 Å². The second-order valence-electron chi connectivity index (χ2n) is 6.26. The maximum absolute atomic E-state index is 12.4. The molecule has 1 aromatic carbocycles. The summed E-state index contributed by atoms with van der Waals surface area (Å²) in [6.45, 7) is 4.74. The van der Waals surface area contributed by atoms with Crippen LogP contribution in [0.3, 0.4) is 0 Å². The van der Waals surface area contributed by atoms with Gasteiger partial charge in [-0.15, -0.1) is 0 Å². The number of allylic oxidation sites excluding steroid dienone is 1. The third-order valence-corrected chi connectivity index (χ3v) is 4.29. The summed E-state index contributed by atoms with van der Waals surface area (Å²) in [5.74, 6) is 0.222. The molecule has 0 aromatic heterocycles. The highest BCUT2D eigenvalue weighted by Crippen LogP contribution is 2.34. The Morgan fingerprint density at radius 1 is 1.15 bits per heavy atom. The highest BCUT2D eigenvalue weighted by Gasteiger charge is 2.34. The lowest BCUT2D eigenvalue weighted by molar-refractivity contribution is -0.136. The lowest BCUT2D eigenvalue weighted by Crippen LogP contribution is -2.46. The number of nitrogens with one attached hydrogen (secondary N) is 2. The van der Waals surface area contributed by atoms with Crippen molar-refractivity contribution in [2.45, 2.75) is 52.0 Å². The van der Waals surface area contributed by atoms with Gasteiger partial charge in [0, 0.05) is 11.3 Å². The van der Waals surface area contributed by atoms with Gasteiger partial charge in [0.15, 0.2) is 0 Å². The molecule has 6 nitrogen and oxygen atoms in total. The minimum Gasteiger partial charge on any atom is -0.493 e. The Kier molecular flexibility index (Phi) is 7.51. The smallest absolute Gasteiger partial charge is 0.337 e. The number of esters is 1. The SMILES string of the molecule is CCCCCOc1ccccc1C1NC(=O)NC(CCC)=C1C(=O)OC. The fraction of sp³-hybridized carbons (Fsp3) is 0.500. The molecule has 1 unspecified atom stereocenters. The minimum absolute atomic E-state index is 0.327. The first-order valence-electron chi connectivity index (χ1n) is 9.22. The number of urea groups is 1. The van der Waals surface area contributed by atoms with Crippen molar-refractivity contribution < 1.29 is 19.1 Å². The van der Waals surface area contributed by atoms with E-state index in [0.717, 1.165) is 31.2 Å². The van der Waals surface area contributed by atoms with Gasteiger partial charge < -0.3 is 20.1 Å². The molecule has 26 heavy (non-hydrogen) atoms. The molecule has 1 heterocycles. The molecule has 0 radical (unpaired) electrons. The molecule has 1 aromatic rings. The summed E-state index contributed by atoms with van der Waals surface area (Å²) < 4.78 is 10.9. The maximum Gasteiger partial charge on any atom is 0.337 e. The third kappa shape index (κ3) is 4.77.